The first-order valence-corrected chi connectivity index (χ1v) is 14.8. The third-order valence-electron chi connectivity index (χ3n) is 6.45. The van der Waals surface area contributed by atoms with E-state index >= 15 is 0 Å². The van der Waals surface area contributed by atoms with E-state index in [0.29, 0.717) is 53.9 Å². The Kier molecular flexibility index (Phi) is 14.4. The molecule has 8 heteroatoms. The van der Waals surface area contributed by atoms with E-state index < -0.39 is 11.9 Å². The van der Waals surface area contributed by atoms with Crippen LogP contribution in [0, 0.1) is 0 Å². The van der Waals surface area contributed by atoms with Gasteiger partial charge in [0.2, 0.25) is 0 Å². The zero-order chi connectivity index (χ0) is 30.7. The summed E-state index contributed by atoms with van der Waals surface area (Å²) in [6.07, 6.45) is 9.86. The smallest absolute Gasteiger partial charge is 0.343 e. The predicted molar refractivity (Wildman–Crippen MR) is 164 cm³/mol. The van der Waals surface area contributed by atoms with E-state index in [-0.39, 0.29) is 5.97 Å². The summed E-state index contributed by atoms with van der Waals surface area (Å²) in [6.45, 7) is 6.90. The monoisotopic (exact) mass is 588 g/mol. The van der Waals surface area contributed by atoms with Gasteiger partial charge in [0.25, 0.3) is 0 Å². The molecule has 228 valence electrons. The second-order valence-electron chi connectivity index (χ2n) is 9.78. The number of rotatable bonds is 19. The Hall–Kier alpha value is -4.59. The first kappa shape index (κ1) is 32.9. The third kappa shape index (κ3) is 12.4. The first-order chi connectivity index (χ1) is 21.0. The molecule has 0 aliphatic rings. The molecular weight excluding hydrogens is 548 g/mol. The quantitative estimate of drug-likeness (QED) is 0.0607. The molecule has 0 bridgehead atoms. The third-order valence-corrected chi connectivity index (χ3v) is 6.45. The zero-order valence-electron chi connectivity index (χ0n) is 24.8. The fourth-order valence-electron chi connectivity index (χ4n) is 4.14. The fraction of sp³-hybridized carbons (Fsp3) is 0.343. The molecule has 0 amide bonds. The van der Waals surface area contributed by atoms with Gasteiger partial charge in [-0.25, -0.2) is 14.4 Å². The maximum atomic E-state index is 12.6. The molecular formula is C35H40O8. The molecule has 0 heterocycles. The average Bonchev–Trinajstić information content (AvgIpc) is 3.03. The van der Waals surface area contributed by atoms with E-state index in [1.54, 1.807) is 72.8 Å². The Morgan fingerprint density at radius 3 is 1.40 bits per heavy atom. The number of esters is 3. The van der Waals surface area contributed by atoms with Gasteiger partial charge in [0.1, 0.15) is 23.0 Å². The van der Waals surface area contributed by atoms with Gasteiger partial charge >= 0.3 is 17.9 Å². The zero-order valence-corrected chi connectivity index (χ0v) is 24.8. The molecule has 0 fully saturated rings. The number of benzene rings is 3. The number of carbonyl (C=O) groups excluding carboxylic acids is 3. The van der Waals surface area contributed by atoms with Gasteiger partial charge in [-0.3, -0.25) is 0 Å². The van der Waals surface area contributed by atoms with Crippen LogP contribution in [0.25, 0.3) is 0 Å². The predicted octanol–water partition coefficient (Wildman–Crippen LogP) is 7.75. The number of unbranched alkanes of at least 4 members (excludes halogenated alkanes) is 7. The van der Waals surface area contributed by atoms with Crippen LogP contribution in [-0.4, -0.2) is 37.7 Å². The largest absolute Gasteiger partial charge is 0.494 e. The molecule has 0 aliphatic carbocycles. The van der Waals surface area contributed by atoms with Crippen molar-refractivity contribution in [1.82, 2.24) is 0 Å². The molecule has 43 heavy (non-hydrogen) atoms. The highest BCUT2D eigenvalue weighted by Crippen LogP contribution is 2.21. The maximum absolute atomic E-state index is 12.6. The summed E-state index contributed by atoms with van der Waals surface area (Å²) in [5.41, 5.74) is 0.800. The number of hydrogen-bond donors (Lipinski definition) is 0. The molecule has 0 aliphatic heterocycles. The fourth-order valence-corrected chi connectivity index (χ4v) is 4.14. The highest BCUT2D eigenvalue weighted by Gasteiger charge is 2.12. The summed E-state index contributed by atoms with van der Waals surface area (Å²) in [5, 5.41) is 0. The van der Waals surface area contributed by atoms with Gasteiger partial charge in [0.05, 0.1) is 30.9 Å². The van der Waals surface area contributed by atoms with Crippen LogP contribution in [0.15, 0.2) is 85.5 Å². The SMILES string of the molecule is C=CC(=O)OCCCCCCCCCCOc1ccc(C(=O)Oc2ccc(OC(=O)c3ccc(OCC)cc3)cc2)cc1. The molecule has 3 aromatic carbocycles. The van der Waals surface area contributed by atoms with Crippen molar-refractivity contribution in [2.75, 3.05) is 19.8 Å². The van der Waals surface area contributed by atoms with Crippen molar-refractivity contribution in [2.24, 2.45) is 0 Å². The van der Waals surface area contributed by atoms with Crippen molar-refractivity contribution in [3.63, 3.8) is 0 Å². The summed E-state index contributed by atoms with van der Waals surface area (Å²) in [7, 11) is 0. The highest BCUT2D eigenvalue weighted by molar-refractivity contribution is 5.92. The van der Waals surface area contributed by atoms with Crippen LogP contribution in [0.3, 0.4) is 0 Å². The minimum absolute atomic E-state index is 0.334. The van der Waals surface area contributed by atoms with E-state index in [1.165, 1.54) is 18.9 Å². The Labute approximate surface area is 253 Å². The summed E-state index contributed by atoms with van der Waals surface area (Å²) in [5.74, 6) is 0.699. The Morgan fingerprint density at radius 2 is 0.953 bits per heavy atom. The van der Waals surface area contributed by atoms with Crippen LogP contribution < -0.4 is 18.9 Å². The molecule has 0 saturated heterocycles. The van der Waals surface area contributed by atoms with Crippen LogP contribution in [0.4, 0.5) is 0 Å². The van der Waals surface area contributed by atoms with Gasteiger partial charge in [0, 0.05) is 6.08 Å². The summed E-state index contributed by atoms with van der Waals surface area (Å²) < 4.78 is 27.0. The van der Waals surface area contributed by atoms with Gasteiger partial charge in [-0.2, -0.15) is 0 Å². The van der Waals surface area contributed by atoms with Crippen molar-refractivity contribution < 1.29 is 38.1 Å². The Bertz CT molecular complexity index is 1280. The van der Waals surface area contributed by atoms with Crippen LogP contribution in [0.2, 0.25) is 0 Å². The minimum Gasteiger partial charge on any atom is -0.494 e. The molecule has 0 N–H and O–H groups in total. The van der Waals surface area contributed by atoms with Crippen LogP contribution in [0.1, 0.15) is 79.0 Å². The van der Waals surface area contributed by atoms with E-state index in [1.807, 2.05) is 6.92 Å². The minimum atomic E-state index is -0.497. The van der Waals surface area contributed by atoms with E-state index in [9.17, 15) is 14.4 Å². The number of hydrogen-bond acceptors (Lipinski definition) is 8. The van der Waals surface area contributed by atoms with Gasteiger partial charge in [0.15, 0.2) is 0 Å². The highest BCUT2D eigenvalue weighted by atomic mass is 16.5. The molecule has 0 atom stereocenters. The van der Waals surface area contributed by atoms with E-state index in [2.05, 4.69) is 6.58 Å². The lowest BCUT2D eigenvalue weighted by Gasteiger charge is -2.09. The molecule has 0 saturated carbocycles. The Morgan fingerprint density at radius 1 is 0.558 bits per heavy atom. The van der Waals surface area contributed by atoms with Gasteiger partial charge in [-0.05, 0) is 92.6 Å². The van der Waals surface area contributed by atoms with E-state index in [0.717, 1.165) is 38.5 Å². The summed E-state index contributed by atoms with van der Waals surface area (Å²) in [6, 6.07) is 19.8. The van der Waals surface area contributed by atoms with Crippen molar-refractivity contribution in [3.8, 4) is 23.0 Å². The normalized spacial score (nSPS) is 10.4. The summed E-state index contributed by atoms with van der Waals surface area (Å²) >= 11 is 0. The van der Waals surface area contributed by atoms with Gasteiger partial charge in [-0.15, -0.1) is 0 Å². The van der Waals surface area contributed by atoms with Crippen molar-refractivity contribution in [3.05, 3.63) is 96.6 Å². The molecule has 0 unspecified atom stereocenters. The number of carbonyl (C=O) groups is 3. The van der Waals surface area contributed by atoms with Crippen LogP contribution >= 0.6 is 0 Å². The molecule has 0 spiro atoms. The van der Waals surface area contributed by atoms with E-state index in [4.69, 9.17) is 23.7 Å². The lowest BCUT2D eigenvalue weighted by Crippen LogP contribution is -2.09. The molecule has 3 rings (SSSR count). The van der Waals surface area contributed by atoms with Crippen LogP contribution in [0.5, 0.6) is 23.0 Å². The van der Waals surface area contributed by atoms with Gasteiger partial charge in [-0.1, -0.05) is 45.1 Å². The molecule has 3 aromatic rings. The average molecular weight is 589 g/mol. The second kappa shape index (κ2) is 18.8. The first-order valence-electron chi connectivity index (χ1n) is 14.8. The lowest BCUT2D eigenvalue weighted by atomic mass is 10.1. The topological polar surface area (TPSA) is 97.4 Å². The van der Waals surface area contributed by atoms with Crippen molar-refractivity contribution >= 4 is 17.9 Å². The Balaban J connectivity index is 1.29. The van der Waals surface area contributed by atoms with Crippen LogP contribution in [-0.2, 0) is 9.53 Å². The maximum Gasteiger partial charge on any atom is 0.343 e. The lowest BCUT2D eigenvalue weighted by molar-refractivity contribution is -0.137. The van der Waals surface area contributed by atoms with Crippen molar-refractivity contribution in [2.45, 2.75) is 58.3 Å². The second-order valence-corrected chi connectivity index (χ2v) is 9.78. The standard InChI is InChI=1S/C35H40O8/c1-3-33(36)41-26-12-10-8-6-5-7-9-11-25-40-30-19-15-28(16-20-30)35(38)43-32-23-21-31(22-24-32)42-34(37)27-13-17-29(18-14-27)39-4-2/h3,13-24H,1,4-12,25-26H2,2H3. The molecule has 0 aromatic heterocycles. The van der Waals surface area contributed by atoms with Gasteiger partial charge < -0.3 is 23.7 Å². The molecule has 8 nitrogen and oxygen atoms in total. The number of ether oxygens (including phenoxy) is 5. The molecule has 0 radical (unpaired) electrons. The summed E-state index contributed by atoms with van der Waals surface area (Å²) in [4.78, 5) is 35.9. The van der Waals surface area contributed by atoms with Crippen molar-refractivity contribution in [1.29, 1.82) is 0 Å².